The number of benzene rings is 1. The fourth-order valence-corrected chi connectivity index (χ4v) is 1.66. The van der Waals surface area contributed by atoms with Crippen LogP contribution in [-0.4, -0.2) is 24.3 Å². The summed E-state index contributed by atoms with van der Waals surface area (Å²) < 4.78 is 5.17. The van der Waals surface area contributed by atoms with Crippen molar-refractivity contribution in [1.82, 2.24) is 5.48 Å². The van der Waals surface area contributed by atoms with Crippen LogP contribution in [-0.2, 0) is 16.0 Å². The molecule has 0 spiro atoms. The molecule has 1 unspecified atom stereocenters. The third kappa shape index (κ3) is 5.17. The zero-order valence-electron chi connectivity index (χ0n) is 9.65. The van der Waals surface area contributed by atoms with Crippen LogP contribution in [0.25, 0.3) is 0 Å². The van der Waals surface area contributed by atoms with Gasteiger partial charge in [-0.3, -0.25) is 10.0 Å². The van der Waals surface area contributed by atoms with E-state index < -0.39 is 5.91 Å². The molecule has 0 aliphatic heterocycles. The van der Waals surface area contributed by atoms with Gasteiger partial charge in [0.05, 0.1) is 12.5 Å². The first-order valence-corrected chi connectivity index (χ1v) is 5.73. The Morgan fingerprint density at radius 1 is 1.47 bits per heavy atom. The zero-order chi connectivity index (χ0) is 12.7. The molecule has 0 saturated heterocycles. The summed E-state index contributed by atoms with van der Waals surface area (Å²) in [5.41, 5.74) is 2.74. The van der Waals surface area contributed by atoms with Crippen LogP contribution in [0.1, 0.15) is 18.4 Å². The first kappa shape index (κ1) is 14.0. The Morgan fingerprint density at radius 3 is 2.65 bits per heavy atom. The maximum Gasteiger partial charge on any atom is 0.245 e. The third-order valence-electron chi connectivity index (χ3n) is 2.54. The summed E-state index contributed by atoms with van der Waals surface area (Å²) in [7, 11) is 1.55. The molecule has 0 aliphatic rings. The Bertz CT molecular complexity index is 353. The SMILES string of the molecule is COC(CCc1ccc(Cl)cc1)CC(=O)NO. The second-order valence-electron chi connectivity index (χ2n) is 3.76. The van der Waals surface area contributed by atoms with Crippen molar-refractivity contribution < 1.29 is 14.7 Å². The highest BCUT2D eigenvalue weighted by Crippen LogP contribution is 2.13. The minimum Gasteiger partial charge on any atom is -0.381 e. The van der Waals surface area contributed by atoms with E-state index in [2.05, 4.69) is 0 Å². The molecule has 0 saturated carbocycles. The number of rotatable bonds is 6. The molecule has 0 heterocycles. The number of ether oxygens (including phenoxy) is 1. The minimum atomic E-state index is -0.437. The number of carbonyl (C=O) groups is 1. The van der Waals surface area contributed by atoms with Crippen LogP contribution in [0.2, 0.25) is 5.02 Å². The summed E-state index contributed by atoms with van der Waals surface area (Å²) >= 11 is 5.78. The third-order valence-corrected chi connectivity index (χ3v) is 2.79. The molecule has 94 valence electrons. The Hall–Kier alpha value is -1.10. The van der Waals surface area contributed by atoms with Crippen molar-refractivity contribution in [3.63, 3.8) is 0 Å². The molecule has 2 N–H and O–H groups in total. The van der Waals surface area contributed by atoms with Crippen LogP contribution in [0.15, 0.2) is 24.3 Å². The maximum atomic E-state index is 11.0. The van der Waals surface area contributed by atoms with Gasteiger partial charge in [-0.2, -0.15) is 0 Å². The van der Waals surface area contributed by atoms with Gasteiger partial charge in [0.2, 0.25) is 5.91 Å². The monoisotopic (exact) mass is 257 g/mol. The fourth-order valence-electron chi connectivity index (χ4n) is 1.53. The number of aryl methyl sites for hydroxylation is 1. The molecule has 0 aromatic heterocycles. The zero-order valence-corrected chi connectivity index (χ0v) is 10.4. The smallest absolute Gasteiger partial charge is 0.245 e. The van der Waals surface area contributed by atoms with Crippen molar-refractivity contribution in [2.75, 3.05) is 7.11 Å². The van der Waals surface area contributed by atoms with E-state index in [4.69, 9.17) is 21.5 Å². The molecule has 0 fully saturated rings. The van der Waals surface area contributed by atoms with Crippen molar-refractivity contribution in [2.45, 2.75) is 25.4 Å². The molecule has 17 heavy (non-hydrogen) atoms. The molecule has 1 rings (SSSR count). The van der Waals surface area contributed by atoms with E-state index in [9.17, 15) is 4.79 Å². The first-order chi connectivity index (χ1) is 8.15. The normalized spacial score (nSPS) is 12.2. The summed E-state index contributed by atoms with van der Waals surface area (Å²) in [6, 6.07) is 7.56. The van der Waals surface area contributed by atoms with Crippen LogP contribution < -0.4 is 5.48 Å². The summed E-state index contributed by atoms with van der Waals surface area (Å²) in [4.78, 5) is 11.0. The summed E-state index contributed by atoms with van der Waals surface area (Å²) in [5, 5.41) is 9.13. The van der Waals surface area contributed by atoms with Crippen molar-refractivity contribution in [1.29, 1.82) is 0 Å². The van der Waals surface area contributed by atoms with Gasteiger partial charge in [0, 0.05) is 12.1 Å². The van der Waals surface area contributed by atoms with E-state index in [0.717, 1.165) is 12.0 Å². The average Bonchev–Trinajstić information content (AvgIpc) is 2.36. The maximum absolute atomic E-state index is 11.0. The Kier molecular flexibility index (Phi) is 5.97. The average molecular weight is 258 g/mol. The van der Waals surface area contributed by atoms with Crippen molar-refractivity contribution in [2.24, 2.45) is 0 Å². The quantitative estimate of drug-likeness (QED) is 0.607. The largest absolute Gasteiger partial charge is 0.381 e. The summed E-state index contributed by atoms with van der Waals surface area (Å²) in [6.07, 6.45) is 1.47. The number of nitrogens with one attached hydrogen (secondary N) is 1. The Morgan fingerprint density at radius 2 is 2.12 bits per heavy atom. The predicted molar refractivity (Wildman–Crippen MR) is 65.1 cm³/mol. The number of carbonyl (C=O) groups excluding carboxylic acids is 1. The van der Waals surface area contributed by atoms with Crippen LogP contribution in [0, 0.1) is 0 Å². The summed E-state index contributed by atoms with van der Waals surface area (Å²) in [6.45, 7) is 0. The van der Waals surface area contributed by atoms with Crippen molar-refractivity contribution in [3.8, 4) is 0 Å². The first-order valence-electron chi connectivity index (χ1n) is 5.36. The van der Waals surface area contributed by atoms with E-state index in [1.54, 1.807) is 12.6 Å². The predicted octanol–water partition coefficient (Wildman–Crippen LogP) is 2.18. The van der Waals surface area contributed by atoms with E-state index in [1.807, 2.05) is 24.3 Å². The molecule has 1 aromatic carbocycles. The lowest BCUT2D eigenvalue weighted by atomic mass is 10.0. The van der Waals surface area contributed by atoms with Gasteiger partial charge in [0.25, 0.3) is 0 Å². The van der Waals surface area contributed by atoms with E-state index in [-0.39, 0.29) is 12.5 Å². The number of hydrogen-bond donors (Lipinski definition) is 2. The van der Waals surface area contributed by atoms with Crippen molar-refractivity contribution >= 4 is 17.5 Å². The number of hydroxylamine groups is 1. The van der Waals surface area contributed by atoms with Gasteiger partial charge in [0.1, 0.15) is 0 Å². The highest BCUT2D eigenvalue weighted by Gasteiger charge is 2.12. The lowest BCUT2D eigenvalue weighted by Gasteiger charge is -2.13. The molecule has 1 atom stereocenters. The molecule has 0 aliphatic carbocycles. The van der Waals surface area contributed by atoms with Gasteiger partial charge >= 0.3 is 0 Å². The van der Waals surface area contributed by atoms with Gasteiger partial charge in [-0.1, -0.05) is 23.7 Å². The minimum absolute atomic E-state index is 0.153. The van der Waals surface area contributed by atoms with E-state index in [1.165, 1.54) is 0 Å². The van der Waals surface area contributed by atoms with Crippen LogP contribution in [0.5, 0.6) is 0 Å². The molecular weight excluding hydrogens is 242 g/mol. The summed E-state index contributed by atoms with van der Waals surface area (Å²) in [5.74, 6) is -0.437. The highest BCUT2D eigenvalue weighted by atomic mass is 35.5. The highest BCUT2D eigenvalue weighted by molar-refractivity contribution is 6.30. The number of methoxy groups -OCH3 is 1. The fraction of sp³-hybridized carbons (Fsp3) is 0.417. The van der Waals surface area contributed by atoms with E-state index >= 15 is 0 Å². The molecular formula is C12H16ClNO3. The van der Waals surface area contributed by atoms with Gasteiger partial charge in [-0.15, -0.1) is 0 Å². The number of hydrogen-bond acceptors (Lipinski definition) is 3. The van der Waals surface area contributed by atoms with Crippen LogP contribution in [0.3, 0.4) is 0 Å². The molecule has 5 heteroatoms. The molecule has 4 nitrogen and oxygen atoms in total. The van der Waals surface area contributed by atoms with Gasteiger partial charge < -0.3 is 4.74 Å². The molecule has 0 radical (unpaired) electrons. The van der Waals surface area contributed by atoms with E-state index in [0.29, 0.717) is 11.4 Å². The van der Waals surface area contributed by atoms with Gasteiger partial charge in [-0.05, 0) is 30.5 Å². The van der Waals surface area contributed by atoms with Gasteiger partial charge in [0.15, 0.2) is 0 Å². The second-order valence-corrected chi connectivity index (χ2v) is 4.20. The lowest BCUT2D eigenvalue weighted by Crippen LogP contribution is -2.25. The van der Waals surface area contributed by atoms with Crippen molar-refractivity contribution in [3.05, 3.63) is 34.9 Å². The lowest BCUT2D eigenvalue weighted by molar-refractivity contribution is -0.131. The Balaban J connectivity index is 2.42. The standard InChI is InChI=1S/C12H16ClNO3/c1-17-11(8-12(15)14-16)7-4-9-2-5-10(13)6-3-9/h2-3,5-6,11,16H,4,7-8H2,1H3,(H,14,15). The van der Waals surface area contributed by atoms with Gasteiger partial charge in [-0.25, -0.2) is 5.48 Å². The second kappa shape index (κ2) is 7.27. The van der Waals surface area contributed by atoms with Crippen LogP contribution >= 0.6 is 11.6 Å². The molecule has 1 aromatic rings. The number of halogens is 1. The molecule has 1 amide bonds. The number of amides is 1. The van der Waals surface area contributed by atoms with Crippen LogP contribution in [0.4, 0.5) is 0 Å². The molecule has 0 bridgehead atoms. The Labute approximate surface area is 105 Å². The topological polar surface area (TPSA) is 58.6 Å².